The van der Waals surface area contributed by atoms with Crippen LogP contribution in [0.25, 0.3) is 11.5 Å². The largest absolute Gasteiger partial charge is 0.377 e. The van der Waals surface area contributed by atoms with Gasteiger partial charge in [-0.2, -0.15) is 4.98 Å². The number of ether oxygens (including phenoxy) is 1. The molecule has 4 rings (SSSR count). The molecule has 25 heavy (non-hydrogen) atoms. The van der Waals surface area contributed by atoms with Gasteiger partial charge in [0.05, 0.1) is 13.2 Å². The van der Waals surface area contributed by atoms with Crippen molar-refractivity contribution >= 4 is 5.91 Å². The van der Waals surface area contributed by atoms with Crippen molar-refractivity contribution in [1.82, 2.24) is 15.0 Å². The second-order valence-corrected chi connectivity index (χ2v) is 6.61. The van der Waals surface area contributed by atoms with Gasteiger partial charge in [-0.1, -0.05) is 28.9 Å². The molecule has 0 spiro atoms. The van der Waals surface area contributed by atoms with Crippen LogP contribution in [-0.4, -0.2) is 40.7 Å². The summed E-state index contributed by atoms with van der Waals surface area (Å²) < 4.78 is 11.0. The van der Waals surface area contributed by atoms with E-state index in [0.29, 0.717) is 37.4 Å². The van der Waals surface area contributed by atoms with Crippen molar-refractivity contribution in [3.05, 3.63) is 47.8 Å². The van der Waals surface area contributed by atoms with E-state index in [1.807, 2.05) is 37.3 Å². The molecule has 6 nitrogen and oxygen atoms in total. The highest BCUT2D eigenvalue weighted by Gasteiger charge is 2.32. The Morgan fingerprint density at radius 1 is 1.28 bits per heavy atom. The molecule has 2 heterocycles. The molecule has 1 aromatic carbocycles. The van der Waals surface area contributed by atoms with Crippen LogP contribution in [0.3, 0.4) is 0 Å². The maximum atomic E-state index is 12.7. The average molecular weight is 339 g/mol. The number of amides is 1. The van der Waals surface area contributed by atoms with Crippen molar-refractivity contribution in [2.45, 2.75) is 25.8 Å². The van der Waals surface area contributed by atoms with Crippen LogP contribution >= 0.6 is 0 Å². The number of nitrogens with zero attached hydrogens (tertiary/aromatic N) is 3. The SMILES string of the molecule is C/C(=C/C(=O)N1CCOCC1c1noc(-c2ccccc2)n1)C1CC1. The topological polar surface area (TPSA) is 68.5 Å². The van der Waals surface area contributed by atoms with Crippen molar-refractivity contribution in [2.75, 3.05) is 19.8 Å². The average Bonchev–Trinajstić information content (AvgIpc) is 3.39. The first-order chi connectivity index (χ1) is 12.2. The summed E-state index contributed by atoms with van der Waals surface area (Å²) in [6, 6.07) is 9.29. The summed E-state index contributed by atoms with van der Waals surface area (Å²) in [5, 5.41) is 4.09. The van der Waals surface area contributed by atoms with Crippen LogP contribution in [0.2, 0.25) is 0 Å². The smallest absolute Gasteiger partial charge is 0.257 e. The van der Waals surface area contributed by atoms with Crippen LogP contribution in [0.4, 0.5) is 0 Å². The first-order valence-corrected chi connectivity index (χ1v) is 8.68. The van der Waals surface area contributed by atoms with E-state index in [1.54, 1.807) is 11.0 Å². The fourth-order valence-electron chi connectivity index (χ4n) is 3.08. The number of carbonyl (C=O) groups is 1. The van der Waals surface area contributed by atoms with E-state index >= 15 is 0 Å². The van der Waals surface area contributed by atoms with Gasteiger partial charge in [0.15, 0.2) is 5.82 Å². The fourth-order valence-corrected chi connectivity index (χ4v) is 3.08. The molecule has 0 N–H and O–H groups in total. The van der Waals surface area contributed by atoms with Gasteiger partial charge in [-0.05, 0) is 37.8 Å². The summed E-state index contributed by atoms with van der Waals surface area (Å²) in [6.45, 7) is 3.48. The number of allylic oxidation sites excluding steroid dienone is 1. The second-order valence-electron chi connectivity index (χ2n) is 6.61. The van der Waals surface area contributed by atoms with Crippen molar-refractivity contribution in [3.63, 3.8) is 0 Å². The van der Waals surface area contributed by atoms with Crippen LogP contribution in [0.1, 0.15) is 31.6 Å². The van der Waals surface area contributed by atoms with Gasteiger partial charge in [0.1, 0.15) is 6.04 Å². The zero-order chi connectivity index (χ0) is 17.2. The Labute approximate surface area is 146 Å². The maximum Gasteiger partial charge on any atom is 0.257 e. The lowest BCUT2D eigenvalue weighted by Crippen LogP contribution is -2.43. The third-order valence-electron chi connectivity index (χ3n) is 4.74. The summed E-state index contributed by atoms with van der Waals surface area (Å²) in [4.78, 5) is 19.0. The predicted octanol–water partition coefficient (Wildman–Crippen LogP) is 2.99. The Morgan fingerprint density at radius 3 is 2.84 bits per heavy atom. The molecular formula is C19H21N3O3. The molecular weight excluding hydrogens is 318 g/mol. The minimum absolute atomic E-state index is 0.00348. The Morgan fingerprint density at radius 2 is 2.08 bits per heavy atom. The standard InChI is InChI=1S/C19H21N3O3/c1-13(14-7-8-14)11-17(23)22-9-10-24-12-16(22)18-20-19(25-21-18)15-5-3-2-4-6-15/h2-6,11,14,16H,7-10,12H2,1H3/b13-11-. The minimum Gasteiger partial charge on any atom is -0.377 e. The van der Waals surface area contributed by atoms with E-state index in [9.17, 15) is 4.79 Å². The maximum absolute atomic E-state index is 12.7. The quantitative estimate of drug-likeness (QED) is 0.801. The normalized spacial score (nSPS) is 21.4. The number of hydrogen-bond acceptors (Lipinski definition) is 5. The molecule has 1 aliphatic carbocycles. The molecule has 0 bridgehead atoms. The third kappa shape index (κ3) is 3.49. The number of rotatable bonds is 4. The molecule has 0 radical (unpaired) electrons. The minimum atomic E-state index is -0.314. The lowest BCUT2D eigenvalue weighted by molar-refractivity contribution is -0.135. The molecule has 1 saturated heterocycles. The predicted molar refractivity (Wildman–Crippen MR) is 91.5 cm³/mol. The van der Waals surface area contributed by atoms with Gasteiger partial charge < -0.3 is 14.2 Å². The van der Waals surface area contributed by atoms with Crippen LogP contribution in [0, 0.1) is 5.92 Å². The van der Waals surface area contributed by atoms with E-state index in [0.717, 1.165) is 11.1 Å². The Balaban J connectivity index is 1.56. The van der Waals surface area contributed by atoms with Crippen molar-refractivity contribution in [2.24, 2.45) is 5.92 Å². The molecule has 1 aromatic heterocycles. The van der Waals surface area contributed by atoms with Crippen molar-refractivity contribution < 1.29 is 14.1 Å². The highest BCUT2D eigenvalue weighted by Crippen LogP contribution is 2.36. The van der Waals surface area contributed by atoms with Gasteiger partial charge in [-0.25, -0.2) is 0 Å². The third-order valence-corrected chi connectivity index (χ3v) is 4.74. The summed E-state index contributed by atoms with van der Waals surface area (Å²) in [5.74, 6) is 1.53. The lowest BCUT2D eigenvalue weighted by atomic mass is 10.1. The zero-order valence-corrected chi connectivity index (χ0v) is 14.2. The molecule has 130 valence electrons. The number of morpholine rings is 1. The van der Waals surface area contributed by atoms with Crippen LogP contribution in [0.15, 0.2) is 46.5 Å². The van der Waals surface area contributed by atoms with Crippen LogP contribution < -0.4 is 0 Å². The molecule has 2 aliphatic rings. The number of hydrogen-bond donors (Lipinski definition) is 0. The molecule has 1 unspecified atom stereocenters. The van der Waals surface area contributed by atoms with Gasteiger partial charge in [0, 0.05) is 18.2 Å². The van der Waals surface area contributed by atoms with Gasteiger partial charge in [-0.15, -0.1) is 0 Å². The monoisotopic (exact) mass is 339 g/mol. The van der Waals surface area contributed by atoms with E-state index < -0.39 is 0 Å². The zero-order valence-electron chi connectivity index (χ0n) is 14.2. The van der Waals surface area contributed by atoms with E-state index in [4.69, 9.17) is 9.26 Å². The summed E-state index contributed by atoms with van der Waals surface area (Å²) in [7, 11) is 0. The molecule has 1 atom stereocenters. The molecule has 1 amide bonds. The van der Waals surface area contributed by atoms with E-state index in [1.165, 1.54) is 12.8 Å². The van der Waals surface area contributed by atoms with Crippen molar-refractivity contribution in [1.29, 1.82) is 0 Å². The fraction of sp³-hybridized carbons (Fsp3) is 0.421. The van der Waals surface area contributed by atoms with Gasteiger partial charge >= 0.3 is 0 Å². The van der Waals surface area contributed by atoms with Gasteiger partial charge in [-0.3, -0.25) is 4.79 Å². The number of benzene rings is 1. The highest BCUT2D eigenvalue weighted by molar-refractivity contribution is 5.88. The molecule has 1 aliphatic heterocycles. The van der Waals surface area contributed by atoms with E-state index in [2.05, 4.69) is 10.1 Å². The first-order valence-electron chi connectivity index (χ1n) is 8.68. The Bertz CT molecular complexity index is 780. The number of carbonyl (C=O) groups excluding carboxylic acids is 1. The Kier molecular flexibility index (Phi) is 4.36. The molecule has 1 saturated carbocycles. The molecule has 2 fully saturated rings. The van der Waals surface area contributed by atoms with Crippen LogP contribution in [0.5, 0.6) is 0 Å². The molecule has 2 aromatic rings. The van der Waals surface area contributed by atoms with E-state index in [-0.39, 0.29) is 11.9 Å². The first kappa shape index (κ1) is 16.0. The van der Waals surface area contributed by atoms with Gasteiger partial charge in [0.2, 0.25) is 5.91 Å². The van der Waals surface area contributed by atoms with Gasteiger partial charge in [0.25, 0.3) is 5.89 Å². The number of aromatic nitrogens is 2. The van der Waals surface area contributed by atoms with Crippen molar-refractivity contribution in [3.8, 4) is 11.5 Å². The summed E-state index contributed by atoms with van der Waals surface area (Å²) >= 11 is 0. The lowest BCUT2D eigenvalue weighted by Gasteiger charge is -2.33. The molecule has 6 heteroatoms. The Hall–Kier alpha value is -2.47. The second kappa shape index (κ2) is 6.80. The highest BCUT2D eigenvalue weighted by atomic mass is 16.5. The summed E-state index contributed by atoms with van der Waals surface area (Å²) in [6.07, 6.45) is 4.13. The summed E-state index contributed by atoms with van der Waals surface area (Å²) in [5.41, 5.74) is 2.02. The van der Waals surface area contributed by atoms with Crippen LogP contribution in [-0.2, 0) is 9.53 Å².